The van der Waals surface area contributed by atoms with Gasteiger partial charge >= 0.3 is 0 Å². The maximum Gasteiger partial charge on any atom is 0.235 e. The number of ether oxygens (including phenoxy) is 1. The van der Waals surface area contributed by atoms with Gasteiger partial charge in [0, 0.05) is 30.1 Å². The van der Waals surface area contributed by atoms with Gasteiger partial charge in [-0.2, -0.15) is 0 Å². The van der Waals surface area contributed by atoms with Crippen LogP contribution in [0.2, 0.25) is 0 Å². The van der Waals surface area contributed by atoms with Crippen LogP contribution in [0, 0.1) is 29.6 Å². The van der Waals surface area contributed by atoms with Gasteiger partial charge in [-0.3, -0.25) is 33.8 Å². The first kappa shape index (κ1) is 30.3. The smallest absolute Gasteiger partial charge is 0.235 e. The van der Waals surface area contributed by atoms with E-state index in [1.54, 1.807) is 14.1 Å². The van der Waals surface area contributed by atoms with Gasteiger partial charge in [0.1, 0.15) is 11.5 Å². The minimum atomic E-state index is -2.74. The molecule has 3 saturated carbocycles. The summed E-state index contributed by atoms with van der Waals surface area (Å²) < 4.78 is 5.84. The number of primary amides is 1. The van der Waals surface area contributed by atoms with Crippen LogP contribution in [0.15, 0.2) is 6.07 Å². The number of ketones is 4. The highest BCUT2D eigenvalue weighted by Crippen LogP contribution is 2.52. The summed E-state index contributed by atoms with van der Waals surface area (Å²) in [5.41, 5.74) is 3.80. The SMILES string of the molecule is CCN(Cc1cc(O)c2c(c1OC)C[C@H]1C[C@H]3[C@H](N(C)C)C(=O)C(C(N)=O)C(=O)[C@@]3(O)C(=O)C1C2=O)CC1CCCC1. The largest absolute Gasteiger partial charge is 0.507 e. The molecule has 228 valence electrons. The number of rotatable bonds is 8. The number of aliphatic hydroxyl groups is 1. The van der Waals surface area contributed by atoms with Crippen molar-refractivity contribution in [3.05, 3.63) is 22.8 Å². The van der Waals surface area contributed by atoms with E-state index < -0.39 is 64.4 Å². The predicted molar refractivity (Wildman–Crippen MR) is 151 cm³/mol. The van der Waals surface area contributed by atoms with Gasteiger partial charge in [-0.05, 0) is 64.2 Å². The van der Waals surface area contributed by atoms with Crippen molar-refractivity contribution in [1.82, 2.24) is 9.80 Å². The van der Waals surface area contributed by atoms with Gasteiger partial charge in [0.15, 0.2) is 34.7 Å². The van der Waals surface area contributed by atoms with Crippen molar-refractivity contribution >= 4 is 29.0 Å². The maximum absolute atomic E-state index is 14.0. The summed E-state index contributed by atoms with van der Waals surface area (Å²) >= 11 is 0. The first-order valence-electron chi connectivity index (χ1n) is 14.8. The van der Waals surface area contributed by atoms with Crippen molar-refractivity contribution < 1.29 is 38.9 Å². The Morgan fingerprint density at radius 2 is 1.81 bits per heavy atom. The van der Waals surface area contributed by atoms with Gasteiger partial charge in [-0.1, -0.05) is 19.8 Å². The average molecular weight is 584 g/mol. The molecule has 0 aliphatic heterocycles. The highest BCUT2D eigenvalue weighted by atomic mass is 16.5. The molecule has 11 heteroatoms. The molecular formula is C31H41N3O8. The van der Waals surface area contributed by atoms with Crippen LogP contribution in [0.5, 0.6) is 11.5 Å². The summed E-state index contributed by atoms with van der Waals surface area (Å²) in [6.45, 7) is 4.33. The number of benzene rings is 1. The van der Waals surface area contributed by atoms with Crippen LogP contribution < -0.4 is 10.5 Å². The van der Waals surface area contributed by atoms with Crippen LogP contribution in [0.3, 0.4) is 0 Å². The quantitative estimate of drug-likeness (QED) is 0.374. The number of hydrogen-bond donors (Lipinski definition) is 3. The second kappa shape index (κ2) is 11.2. The lowest BCUT2D eigenvalue weighted by atomic mass is 9.52. The Bertz CT molecular complexity index is 1340. The topological polar surface area (TPSA) is 168 Å². The molecule has 6 atom stereocenters. The molecule has 0 heterocycles. The Balaban J connectivity index is 1.54. The highest BCUT2D eigenvalue weighted by molar-refractivity contribution is 6.32. The van der Waals surface area contributed by atoms with Crippen LogP contribution >= 0.6 is 0 Å². The van der Waals surface area contributed by atoms with Crippen LogP contribution in [-0.4, -0.2) is 95.0 Å². The van der Waals surface area contributed by atoms with Gasteiger partial charge in [0.2, 0.25) is 5.91 Å². The summed E-state index contributed by atoms with van der Waals surface area (Å²) in [4.78, 5) is 70.5. The van der Waals surface area contributed by atoms with E-state index in [0.29, 0.717) is 23.8 Å². The maximum atomic E-state index is 14.0. The van der Waals surface area contributed by atoms with Crippen molar-refractivity contribution in [1.29, 1.82) is 0 Å². The fourth-order valence-corrected chi connectivity index (χ4v) is 8.19. The van der Waals surface area contributed by atoms with Gasteiger partial charge in [-0.25, -0.2) is 0 Å². The average Bonchev–Trinajstić information content (AvgIpc) is 3.43. The molecule has 5 rings (SSSR count). The summed E-state index contributed by atoms with van der Waals surface area (Å²) in [5.74, 6) is -9.47. The number of aromatic hydroxyl groups is 1. The second-order valence-electron chi connectivity index (χ2n) is 12.7. The van der Waals surface area contributed by atoms with E-state index in [0.717, 1.165) is 18.7 Å². The standard InChI is InChI=1S/C31H41N3O8/c1-5-34(13-15-8-6-7-9-15)14-17-12-20(35)22-18(27(17)42-4)10-16-11-19-24(33(2)3)26(37)23(30(32)40)29(39)31(19,41)28(38)21(16)25(22)36/h12,15-16,19,21,23-24,35,41H,5-11,13-14H2,1-4H3,(H2,32,40)/t16-,19-,21?,23?,24-,31-/m0/s1. The number of fused-ring (bicyclic) bond motifs is 3. The van der Waals surface area contributed by atoms with E-state index >= 15 is 0 Å². The minimum Gasteiger partial charge on any atom is -0.507 e. The Kier molecular flexibility index (Phi) is 8.06. The highest BCUT2D eigenvalue weighted by Gasteiger charge is 2.69. The Morgan fingerprint density at radius 3 is 2.38 bits per heavy atom. The molecule has 2 unspecified atom stereocenters. The number of phenolic OH excluding ortho intramolecular Hbond substituents is 1. The molecule has 4 aliphatic rings. The van der Waals surface area contributed by atoms with E-state index in [-0.39, 0.29) is 24.2 Å². The van der Waals surface area contributed by atoms with Crippen molar-refractivity contribution in [3.8, 4) is 11.5 Å². The van der Waals surface area contributed by atoms with Crippen LogP contribution in [0.1, 0.15) is 60.5 Å². The van der Waals surface area contributed by atoms with Crippen LogP contribution in [0.4, 0.5) is 0 Å². The van der Waals surface area contributed by atoms with Crippen molar-refractivity contribution in [3.63, 3.8) is 0 Å². The normalized spacial score (nSPS) is 31.4. The van der Waals surface area contributed by atoms with Crippen molar-refractivity contribution in [2.45, 2.75) is 63.6 Å². The minimum absolute atomic E-state index is 0.000798. The Labute approximate surface area is 245 Å². The molecular weight excluding hydrogens is 542 g/mol. The second-order valence-corrected chi connectivity index (χ2v) is 12.7. The number of hydrogen-bond acceptors (Lipinski definition) is 10. The van der Waals surface area contributed by atoms with E-state index in [9.17, 15) is 34.2 Å². The zero-order chi connectivity index (χ0) is 30.7. The van der Waals surface area contributed by atoms with E-state index in [1.165, 1.54) is 43.8 Å². The number of carbonyl (C=O) groups is 5. The lowest BCUT2D eigenvalue weighted by Crippen LogP contribution is -2.74. The van der Waals surface area contributed by atoms with E-state index in [1.807, 2.05) is 0 Å². The van der Waals surface area contributed by atoms with E-state index in [2.05, 4.69) is 11.8 Å². The molecule has 4 N–H and O–H groups in total. The summed E-state index contributed by atoms with van der Waals surface area (Å²) in [7, 11) is 4.63. The third-order valence-electron chi connectivity index (χ3n) is 10.1. The number of nitrogens with two attached hydrogens (primary N) is 1. The summed E-state index contributed by atoms with van der Waals surface area (Å²) in [6.07, 6.45) is 5.04. The molecule has 0 spiro atoms. The molecule has 42 heavy (non-hydrogen) atoms. The monoisotopic (exact) mass is 583 g/mol. The number of nitrogens with zero attached hydrogens (tertiary/aromatic N) is 2. The molecule has 1 aromatic rings. The van der Waals surface area contributed by atoms with Gasteiger partial charge in [0.05, 0.1) is 24.6 Å². The first-order chi connectivity index (χ1) is 19.9. The molecule has 11 nitrogen and oxygen atoms in total. The van der Waals surface area contributed by atoms with Gasteiger partial charge in [-0.15, -0.1) is 0 Å². The number of amides is 1. The zero-order valence-corrected chi connectivity index (χ0v) is 24.7. The molecule has 0 aromatic heterocycles. The van der Waals surface area contributed by atoms with Gasteiger partial charge < -0.3 is 20.7 Å². The molecule has 0 bridgehead atoms. The fraction of sp³-hybridized carbons (Fsp3) is 0.645. The number of phenols is 1. The lowest BCUT2D eigenvalue weighted by Gasteiger charge is -2.52. The van der Waals surface area contributed by atoms with Gasteiger partial charge in [0.25, 0.3) is 0 Å². The lowest BCUT2D eigenvalue weighted by molar-refractivity contribution is -0.181. The summed E-state index contributed by atoms with van der Waals surface area (Å²) in [6, 6.07) is 0.370. The fourth-order valence-electron chi connectivity index (χ4n) is 8.19. The number of Topliss-reactive ketones (excluding diaryl/α,β-unsaturated/α-hetero) is 4. The number of likely N-dealkylation sites (N-methyl/N-ethyl adjacent to an activating group) is 1. The van der Waals surface area contributed by atoms with E-state index in [4.69, 9.17) is 10.5 Å². The van der Waals surface area contributed by atoms with Crippen LogP contribution in [-0.2, 0) is 32.1 Å². The molecule has 0 radical (unpaired) electrons. The molecule has 1 aromatic carbocycles. The third kappa shape index (κ3) is 4.57. The predicted octanol–water partition coefficient (Wildman–Crippen LogP) is 0.888. The molecule has 3 fully saturated rings. The van der Waals surface area contributed by atoms with Crippen molar-refractivity contribution in [2.24, 2.45) is 35.3 Å². The van der Waals surface area contributed by atoms with Crippen LogP contribution in [0.25, 0.3) is 0 Å². The van der Waals surface area contributed by atoms with Crippen molar-refractivity contribution in [2.75, 3.05) is 34.3 Å². The number of carbonyl (C=O) groups excluding carboxylic acids is 5. The zero-order valence-electron chi connectivity index (χ0n) is 24.7. The third-order valence-corrected chi connectivity index (χ3v) is 10.1. The summed E-state index contributed by atoms with van der Waals surface area (Å²) in [5, 5.41) is 22.9. The first-order valence-corrected chi connectivity index (χ1v) is 14.8. The molecule has 0 saturated heterocycles. The molecule has 4 aliphatic carbocycles. The Morgan fingerprint density at radius 1 is 1.14 bits per heavy atom. The number of methoxy groups -OCH3 is 1. The Hall–Kier alpha value is -3.15. The molecule has 1 amide bonds.